The monoisotopic (exact) mass is 467 g/mol. The Kier molecular flexibility index (Phi) is 6.72. The normalized spacial score (nSPS) is 16.2. The fourth-order valence-corrected chi connectivity index (χ4v) is 5.68. The van der Waals surface area contributed by atoms with Gasteiger partial charge in [-0.2, -0.15) is 4.31 Å². The number of anilines is 1. The van der Waals surface area contributed by atoms with Gasteiger partial charge in [-0.1, -0.05) is 18.2 Å². The summed E-state index contributed by atoms with van der Waals surface area (Å²) in [6.45, 7) is 2.59. The molecule has 3 heterocycles. The highest BCUT2D eigenvalue weighted by Crippen LogP contribution is 2.26. The average Bonchev–Trinajstić information content (AvgIpc) is 2.77. The van der Waals surface area contributed by atoms with E-state index in [-0.39, 0.29) is 16.3 Å². The predicted octanol–water partition coefficient (Wildman–Crippen LogP) is 0.599. The first kappa shape index (κ1) is 23.2. The molecule has 2 aromatic heterocycles. The van der Waals surface area contributed by atoms with E-state index in [0.29, 0.717) is 18.1 Å². The van der Waals surface area contributed by atoms with Gasteiger partial charge < -0.3 is 5.73 Å². The third-order valence-electron chi connectivity index (χ3n) is 5.29. The van der Waals surface area contributed by atoms with Gasteiger partial charge in [0.25, 0.3) is 5.56 Å². The number of hydrogen-bond donors (Lipinski definition) is 1. The Balaban J connectivity index is 1.80. The van der Waals surface area contributed by atoms with E-state index in [4.69, 9.17) is 5.73 Å². The molecule has 0 aliphatic carbocycles. The van der Waals surface area contributed by atoms with Gasteiger partial charge in [0.2, 0.25) is 10.0 Å². The lowest BCUT2D eigenvalue weighted by Gasteiger charge is -2.25. The summed E-state index contributed by atoms with van der Waals surface area (Å²) >= 11 is 1.07. The maximum absolute atomic E-state index is 12.9. The van der Waals surface area contributed by atoms with Crippen LogP contribution in [0, 0.1) is 0 Å². The molecule has 0 bridgehead atoms. The lowest BCUT2D eigenvalue weighted by molar-refractivity contribution is 0.0992. The van der Waals surface area contributed by atoms with Gasteiger partial charge in [0, 0.05) is 33.4 Å². The van der Waals surface area contributed by atoms with Crippen molar-refractivity contribution in [2.45, 2.75) is 41.4 Å². The number of sulfonamides is 1. The number of thioether (sulfide) groups is 1. The molecule has 0 amide bonds. The van der Waals surface area contributed by atoms with Gasteiger partial charge in [0.15, 0.2) is 5.78 Å². The number of pyridine rings is 1. The molecule has 1 aliphatic heterocycles. The molecular formula is C19H25N5O5S2. The summed E-state index contributed by atoms with van der Waals surface area (Å²) in [5, 5.41) is -0.303. The van der Waals surface area contributed by atoms with Crippen LogP contribution in [-0.2, 0) is 24.1 Å². The number of hydrogen-bond acceptors (Lipinski definition) is 8. The van der Waals surface area contributed by atoms with E-state index in [1.165, 1.54) is 36.7 Å². The predicted molar refractivity (Wildman–Crippen MR) is 118 cm³/mol. The minimum Gasteiger partial charge on any atom is -0.384 e. The molecule has 3 rings (SSSR count). The van der Waals surface area contributed by atoms with Crippen molar-refractivity contribution in [3.05, 3.63) is 44.7 Å². The van der Waals surface area contributed by atoms with Crippen LogP contribution in [0.5, 0.6) is 0 Å². The van der Waals surface area contributed by atoms with Crippen molar-refractivity contribution in [3.8, 4) is 0 Å². The number of piperidine rings is 1. The third kappa shape index (κ3) is 4.46. The van der Waals surface area contributed by atoms with Crippen molar-refractivity contribution in [3.63, 3.8) is 0 Å². The highest BCUT2D eigenvalue weighted by atomic mass is 32.2. The largest absolute Gasteiger partial charge is 0.384 e. The van der Waals surface area contributed by atoms with Crippen LogP contribution in [0.4, 0.5) is 5.82 Å². The van der Waals surface area contributed by atoms with E-state index in [9.17, 15) is 22.8 Å². The van der Waals surface area contributed by atoms with Gasteiger partial charge in [-0.3, -0.25) is 18.7 Å². The Bertz CT molecular complexity index is 1210. The zero-order valence-electron chi connectivity index (χ0n) is 17.6. The van der Waals surface area contributed by atoms with Crippen molar-refractivity contribution in [1.29, 1.82) is 0 Å². The molecule has 12 heteroatoms. The van der Waals surface area contributed by atoms with E-state index in [1.807, 2.05) is 0 Å². The van der Waals surface area contributed by atoms with Crippen molar-refractivity contribution < 1.29 is 13.2 Å². The third-order valence-corrected chi connectivity index (χ3v) is 8.22. The van der Waals surface area contributed by atoms with Gasteiger partial charge in [-0.15, -0.1) is 0 Å². The number of carbonyl (C=O) groups excluding carboxylic acids is 1. The van der Waals surface area contributed by atoms with E-state index in [2.05, 4.69) is 4.98 Å². The zero-order valence-corrected chi connectivity index (χ0v) is 19.2. The highest BCUT2D eigenvalue weighted by Gasteiger charge is 2.28. The first-order valence-corrected chi connectivity index (χ1v) is 12.1. The fourth-order valence-electron chi connectivity index (χ4n) is 3.37. The molecule has 0 aromatic carbocycles. The molecular weight excluding hydrogens is 442 g/mol. The van der Waals surface area contributed by atoms with E-state index in [1.54, 1.807) is 6.92 Å². The highest BCUT2D eigenvalue weighted by molar-refractivity contribution is 8.00. The summed E-state index contributed by atoms with van der Waals surface area (Å²) in [7, 11) is -0.927. The van der Waals surface area contributed by atoms with Crippen LogP contribution in [0.1, 0.15) is 36.5 Å². The SMILES string of the molecule is C[C@@H](Sc1ccc(S(=O)(=O)N2CCCCC2)cn1)C(=O)c1c(N)n(C)c(=O)n(C)c1=O. The molecule has 1 saturated heterocycles. The number of rotatable bonds is 6. The Hall–Kier alpha value is -2.44. The fraction of sp³-hybridized carbons (Fsp3) is 0.474. The number of ketones is 1. The summed E-state index contributed by atoms with van der Waals surface area (Å²) in [5.74, 6) is -0.730. The molecule has 168 valence electrons. The maximum Gasteiger partial charge on any atom is 0.332 e. The number of Topliss-reactive ketones (excluding diaryl/α,β-unsaturated/α-hetero) is 1. The second kappa shape index (κ2) is 8.97. The van der Waals surface area contributed by atoms with E-state index >= 15 is 0 Å². The number of nitrogen functional groups attached to an aromatic ring is 1. The molecule has 0 unspecified atom stereocenters. The molecule has 31 heavy (non-hydrogen) atoms. The first-order valence-electron chi connectivity index (χ1n) is 9.78. The lowest BCUT2D eigenvalue weighted by Crippen LogP contribution is -2.42. The number of aromatic nitrogens is 3. The van der Waals surface area contributed by atoms with Crippen LogP contribution in [-0.4, -0.2) is 51.0 Å². The summed E-state index contributed by atoms with van der Waals surface area (Å²) in [5.41, 5.74) is 4.23. The molecule has 1 aliphatic rings. The summed E-state index contributed by atoms with van der Waals surface area (Å²) in [6, 6.07) is 3.00. The van der Waals surface area contributed by atoms with Crippen molar-refractivity contribution >= 4 is 33.4 Å². The Morgan fingerprint density at radius 1 is 1.13 bits per heavy atom. The number of carbonyl (C=O) groups is 1. The summed E-state index contributed by atoms with van der Waals surface area (Å²) < 4.78 is 28.8. The van der Waals surface area contributed by atoms with E-state index in [0.717, 1.165) is 40.2 Å². The van der Waals surface area contributed by atoms with Crippen molar-refractivity contribution in [1.82, 2.24) is 18.4 Å². The lowest BCUT2D eigenvalue weighted by atomic mass is 10.1. The van der Waals surface area contributed by atoms with E-state index < -0.39 is 32.3 Å². The molecule has 0 spiro atoms. The van der Waals surface area contributed by atoms with Gasteiger partial charge >= 0.3 is 5.69 Å². The van der Waals surface area contributed by atoms with Crippen molar-refractivity contribution in [2.24, 2.45) is 14.1 Å². The molecule has 1 atom stereocenters. The number of nitrogens with zero attached hydrogens (tertiary/aromatic N) is 4. The topological polar surface area (TPSA) is 137 Å². The molecule has 10 nitrogen and oxygen atoms in total. The molecule has 0 radical (unpaired) electrons. The van der Waals surface area contributed by atoms with Crippen LogP contribution in [0.3, 0.4) is 0 Å². The average molecular weight is 468 g/mol. The van der Waals surface area contributed by atoms with Crippen LogP contribution in [0.15, 0.2) is 37.8 Å². The minimum absolute atomic E-state index is 0.105. The van der Waals surface area contributed by atoms with Gasteiger partial charge in [-0.25, -0.2) is 18.2 Å². The van der Waals surface area contributed by atoms with Crippen LogP contribution < -0.4 is 17.0 Å². The first-order chi connectivity index (χ1) is 14.6. The molecule has 0 saturated carbocycles. The maximum atomic E-state index is 12.9. The second-order valence-electron chi connectivity index (χ2n) is 7.39. The second-order valence-corrected chi connectivity index (χ2v) is 10.7. The Morgan fingerprint density at radius 3 is 2.35 bits per heavy atom. The van der Waals surface area contributed by atoms with Crippen molar-refractivity contribution in [2.75, 3.05) is 18.8 Å². The standard InChI is InChI=1S/C19H25N5O5S2/c1-12(16(25)15-17(20)22(2)19(27)23(3)18(15)26)30-14-8-7-13(11-21-14)31(28,29)24-9-5-4-6-10-24/h7-8,11-12H,4-6,9-10,20H2,1-3H3/t12-/m1/s1. The quantitative estimate of drug-likeness (QED) is 0.482. The summed E-state index contributed by atoms with van der Waals surface area (Å²) in [4.78, 5) is 41.5. The molecule has 2 N–H and O–H groups in total. The van der Waals surface area contributed by atoms with Gasteiger partial charge in [0.05, 0.1) is 10.3 Å². The van der Waals surface area contributed by atoms with Crippen LogP contribution in [0.25, 0.3) is 0 Å². The minimum atomic E-state index is -3.59. The number of nitrogens with two attached hydrogens (primary N) is 1. The molecule has 1 fully saturated rings. The van der Waals surface area contributed by atoms with Crippen LogP contribution in [0.2, 0.25) is 0 Å². The van der Waals surface area contributed by atoms with Gasteiger partial charge in [0.1, 0.15) is 16.3 Å². The van der Waals surface area contributed by atoms with Gasteiger partial charge in [-0.05, 0) is 31.9 Å². The smallest absolute Gasteiger partial charge is 0.332 e. The Labute approximate surface area is 184 Å². The Morgan fingerprint density at radius 2 is 1.77 bits per heavy atom. The molecule has 2 aromatic rings. The summed E-state index contributed by atoms with van der Waals surface area (Å²) in [6.07, 6.45) is 3.99. The zero-order chi connectivity index (χ0) is 22.9. The van der Waals surface area contributed by atoms with Crippen LogP contribution >= 0.6 is 11.8 Å².